The molecular weight excluding hydrogens is 440 g/mol. The van der Waals surface area contributed by atoms with Gasteiger partial charge < -0.3 is 10.1 Å². The highest BCUT2D eigenvalue weighted by Crippen LogP contribution is 2.24. The van der Waals surface area contributed by atoms with Crippen molar-refractivity contribution in [3.8, 4) is 0 Å². The van der Waals surface area contributed by atoms with Gasteiger partial charge in [-0.25, -0.2) is 0 Å². The van der Waals surface area contributed by atoms with Crippen LogP contribution in [0.1, 0.15) is 39.6 Å². The number of aryl methyl sites for hydroxylation is 1. The zero-order valence-electron chi connectivity index (χ0n) is 15.9. The first-order valence-electron chi connectivity index (χ1n) is 8.99. The summed E-state index contributed by atoms with van der Waals surface area (Å²) in [5, 5.41) is 2.65. The van der Waals surface area contributed by atoms with Crippen molar-refractivity contribution in [2.45, 2.75) is 26.4 Å². The number of rotatable bonds is 6. The number of ether oxygens (including phenoxy) is 1. The third-order valence-electron chi connectivity index (χ3n) is 4.45. The van der Waals surface area contributed by atoms with Gasteiger partial charge in [0.05, 0.1) is 17.5 Å². The number of nitrogens with one attached hydrogen (secondary N) is 1. The Morgan fingerprint density at radius 3 is 2.41 bits per heavy atom. The van der Waals surface area contributed by atoms with Crippen LogP contribution in [-0.4, -0.2) is 41.2 Å². The van der Waals surface area contributed by atoms with Crippen LogP contribution >= 0.6 is 15.9 Å². The largest absolute Gasteiger partial charge is 0.452 e. The summed E-state index contributed by atoms with van der Waals surface area (Å²) >= 11 is 3.31. The van der Waals surface area contributed by atoms with Gasteiger partial charge >= 0.3 is 5.97 Å². The molecule has 1 unspecified atom stereocenters. The molecule has 0 fully saturated rings. The van der Waals surface area contributed by atoms with E-state index in [1.807, 2.05) is 6.92 Å². The van der Waals surface area contributed by atoms with E-state index in [0.29, 0.717) is 16.8 Å². The van der Waals surface area contributed by atoms with Crippen molar-refractivity contribution < 1.29 is 23.9 Å². The molecule has 8 heteroatoms. The second-order valence-corrected chi connectivity index (χ2v) is 7.60. The van der Waals surface area contributed by atoms with E-state index in [0.717, 1.165) is 14.9 Å². The molecule has 1 N–H and O–H groups in total. The molecule has 150 valence electrons. The normalized spacial score (nSPS) is 13.8. The van der Waals surface area contributed by atoms with Gasteiger partial charge in [-0.3, -0.25) is 24.1 Å². The van der Waals surface area contributed by atoms with Gasteiger partial charge in [-0.15, -0.1) is 0 Å². The first-order valence-corrected chi connectivity index (χ1v) is 9.78. The number of esters is 1. The smallest absolute Gasteiger partial charge is 0.308 e. The van der Waals surface area contributed by atoms with E-state index < -0.39 is 29.8 Å². The van der Waals surface area contributed by atoms with Gasteiger partial charge in [0, 0.05) is 16.7 Å². The van der Waals surface area contributed by atoms with E-state index in [9.17, 15) is 19.2 Å². The van der Waals surface area contributed by atoms with E-state index >= 15 is 0 Å². The summed E-state index contributed by atoms with van der Waals surface area (Å²) < 4.78 is 6.00. The minimum absolute atomic E-state index is 0.106. The molecule has 1 heterocycles. The summed E-state index contributed by atoms with van der Waals surface area (Å²) in [6.07, 6.45) is -1.21. The van der Waals surface area contributed by atoms with Gasteiger partial charge in [0.15, 0.2) is 6.10 Å². The second-order valence-electron chi connectivity index (χ2n) is 6.69. The van der Waals surface area contributed by atoms with E-state index in [4.69, 9.17) is 4.74 Å². The summed E-state index contributed by atoms with van der Waals surface area (Å²) in [6.45, 7) is 3.18. The average molecular weight is 459 g/mol. The predicted octanol–water partition coefficient (Wildman–Crippen LogP) is 3.31. The van der Waals surface area contributed by atoms with Crippen molar-refractivity contribution in [3.63, 3.8) is 0 Å². The lowest BCUT2D eigenvalue weighted by Crippen LogP contribution is -2.34. The molecule has 3 rings (SSSR count). The number of fused-ring (bicyclic) bond motifs is 1. The standard InChI is InChI=1S/C21H19BrN2O5/c1-12-3-8-16-17(11-12)21(28)24(20(16)27)10-9-18(25)29-13(2)19(26)23-15-6-4-14(22)5-7-15/h3-8,11,13H,9-10H2,1-2H3,(H,23,26). The van der Waals surface area contributed by atoms with Crippen LogP contribution < -0.4 is 5.32 Å². The molecule has 3 amide bonds. The van der Waals surface area contributed by atoms with E-state index in [1.165, 1.54) is 6.92 Å². The van der Waals surface area contributed by atoms with Crippen molar-refractivity contribution in [2.75, 3.05) is 11.9 Å². The summed E-state index contributed by atoms with van der Waals surface area (Å²) in [4.78, 5) is 50.1. The fraction of sp³-hybridized carbons (Fsp3) is 0.238. The van der Waals surface area contributed by atoms with Crippen molar-refractivity contribution in [1.29, 1.82) is 0 Å². The van der Waals surface area contributed by atoms with Gasteiger partial charge in [0.25, 0.3) is 17.7 Å². The fourth-order valence-electron chi connectivity index (χ4n) is 2.90. The number of imide groups is 1. The Morgan fingerprint density at radius 2 is 1.72 bits per heavy atom. The first kappa shape index (κ1) is 20.7. The third-order valence-corrected chi connectivity index (χ3v) is 4.98. The maximum Gasteiger partial charge on any atom is 0.308 e. The number of hydrogen-bond donors (Lipinski definition) is 1. The maximum atomic E-state index is 12.4. The van der Waals surface area contributed by atoms with Crippen LogP contribution in [-0.2, 0) is 14.3 Å². The van der Waals surface area contributed by atoms with Gasteiger partial charge in [-0.2, -0.15) is 0 Å². The third kappa shape index (κ3) is 4.71. The number of hydrogen-bond acceptors (Lipinski definition) is 5. The van der Waals surface area contributed by atoms with Gasteiger partial charge in [0.2, 0.25) is 0 Å². The Hall–Kier alpha value is -3.00. The molecule has 1 aliphatic rings. The molecule has 1 aliphatic heterocycles. The molecular formula is C21H19BrN2O5. The summed E-state index contributed by atoms with van der Waals surface area (Å²) in [6, 6.07) is 12.0. The molecule has 0 spiro atoms. The molecule has 0 bridgehead atoms. The Bertz CT molecular complexity index is 987. The monoisotopic (exact) mass is 458 g/mol. The molecule has 0 radical (unpaired) electrons. The number of anilines is 1. The van der Waals surface area contributed by atoms with E-state index in [-0.39, 0.29) is 13.0 Å². The van der Waals surface area contributed by atoms with Crippen LogP contribution in [0.25, 0.3) is 0 Å². The second kappa shape index (κ2) is 8.57. The van der Waals surface area contributed by atoms with Crippen LogP contribution in [0, 0.1) is 6.92 Å². The zero-order valence-corrected chi connectivity index (χ0v) is 17.5. The average Bonchev–Trinajstić information content (AvgIpc) is 2.91. The topological polar surface area (TPSA) is 92.8 Å². The Morgan fingerprint density at radius 1 is 1.07 bits per heavy atom. The minimum atomic E-state index is -1.02. The zero-order chi connectivity index (χ0) is 21.1. The van der Waals surface area contributed by atoms with Crippen LogP contribution in [0.15, 0.2) is 46.9 Å². The number of amides is 3. The highest BCUT2D eigenvalue weighted by Gasteiger charge is 2.35. The minimum Gasteiger partial charge on any atom is -0.452 e. The summed E-state index contributed by atoms with van der Waals surface area (Å²) in [7, 11) is 0. The molecule has 0 saturated heterocycles. The number of halogens is 1. The van der Waals surface area contributed by atoms with Crippen molar-refractivity contribution >= 4 is 45.3 Å². The number of nitrogens with zero attached hydrogens (tertiary/aromatic N) is 1. The quantitative estimate of drug-likeness (QED) is 0.529. The Balaban J connectivity index is 1.52. The van der Waals surface area contributed by atoms with Crippen LogP contribution in [0.3, 0.4) is 0 Å². The van der Waals surface area contributed by atoms with Crippen molar-refractivity contribution in [3.05, 3.63) is 63.6 Å². The Kier molecular flexibility index (Phi) is 6.12. The highest BCUT2D eigenvalue weighted by atomic mass is 79.9. The molecule has 7 nitrogen and oxygen atoms in total. The molecule has 0 aliphatic carbocycles. The van der Waals surface area contributed by atoms with Gasteiger partial charge in [-0.05, 0) is 50.2 Å². The fourth-order valence-corrected chi connectivity index (χ4v) is 3.16. The Labute approximate surface area is 176 Å². The lowest BCUT2D eigenvalue weighted by atomic mass is 10.1. The van der Waals surface area contributed by atoms with Gasteiger partial charge in [0.1, 0.15) is 0 Å². The molecule has 0 aromatic heterocycles. The number of carbonyl (C=O) groups excluding carboxylic acids is 4. The van der Waals surface area contributed by atoms with E-state index in [1.54, 1.807) is 42.5 Å². The molecule has 1 atom stereocenters. The summed E-state index contributed by atoms with van der Waals surface area (Å²) in [5.74, 6) is -2.01. The molecule has 0 saturated carbocycles. The van der Waals surface area contributed by atoms with Crippen LogP contribution in [0.2, 0.25) is 0 Å². The number of benzene rings is 2. The predicted molar refractivity (Wildman–Crippen MR) is 109 cm³/mol. The maximum absolute atomic E-state index is 12.4. The number of carbonyl (C=O) groups is 4. The SMILES string of the molecule is Cc1ccc2c(c1)C(=O)N(CCC(=O)OC(C)C(=O)Nc1ccc(Br)cc1)C2=O. The lowest BCUT2D eigenvalue weighted by Gasteiger charge is -2.16. The highest BCUT2D eigenvalue weighted by molar-refractivity contribution is 9.10. The van der Waals surface area contributed by atoms with Crippen molar-refractivity contribution in [1.82, 2.24) is 4.90 Å². The van der Waals surface area contributed by atoms with Crippen LogP contribution in [0.4, 0.5) is 5.69 Å². The van der Waals surface area contributed by atoms with Crippen molar-refractivity contribution in [2.24, 2.45) is 0 Å². The molecule has 2 aromatic rings. The molecule has 29 heavy (non-hydrogen) atoms. The van der Waals surface area contributed by atoms with Crippen LogP contribution in [0.5, 0.6) is 0 Å². The van der Waals surface area contributed by atoms with E-state index in [2.05, 4.69) is 21.2 Å². The van der Waals surface area contributed by atoms with Gasteiger partial charge in [-0.1, -0.05) is 27.6 Å². The first-order chi connectivity index (χ1) is 13.8. The lowest BCUT2D eigenvalue weighted by molar-refractivity contribution is -0.153. The molecule has 2 aromatic carbocycles. The summed E-state index contributed by atoms with van der Waals surface area (Å²) in [5.41, 5.74) is 2.11.